The van der Waals surface area contributed by atoms with Gasteiger partial charge >= 0.3 is 0 Å². The van der Waals surface area contributed by atoms with Gasteiger partial charge in [0.1, 0.15) is 5.82 Å². The fourth-order valence-corrected chi connectivity index (χ4v) is 1.83. The summed E-state index contributed by atoms with van der Waals surface area (Å²) in [5.41, 5.74) is 7.43. The number of nitrogen functional groups attached to an aromatic ring is 1. The fourth-order valence-electron chi connectivity index (χ4n) is 1.83. The van der Waals surface area contributed by atoms with E-state index in [1.54, 1.807) is 6.20 Å². The first-order chi connectivity index (χ1) is 8.04. The molecule has 17 heavy (non-hydrogen) atoms. The smallest absolute Gasteiger partial charge is 0.131 e. The Balaban J connectivity index is 2.91. The van der Waals surface area contributed by atoms with Crippen LogP contribution in [0.15, 0.2) is 12.3 Å². The second-order valence-electron chi connectivity index (χ2n) is 4.66. The average Bonchev–Trinajstić information content (AvgIpc) is 2.24. The van der Waals surface area contributed by atoms with Crippen LogP contribution in [-0.2, 0) is 0 Å². The van der Waals surface area contributed by atoms with Crippen LogP contribution < -0.4 is 10.6 Å². The van der Waals surface area contributed by atoms with Gasteiger partial charge in [-0.2, -0.15) is 5.26 Å². The first-order valence-electron chi connectivity index (χ1n) is 5.88. The highest BCUT2D eigenvalue weighted by Crippen LogP contribution is 2.20. The minimum absolute atomic E-state index is 0.512. The molecule has 0 saturated carbocycles. The number of pyridine rings is 1. The fraction of sp³-hybridized carbons (Fsp3) is 0.538. The summed E-state index contributed by atoms with van der Waals surface area (Å²) < 4.78 is 0. The molecule has 92 valence electrons. The molecule has 0 aliphatic carbocycles. The maximum atomic E-state index is 8.69. The van der Waals surface area contributed by atoms with Crippen LogP contribution in [0.5, 0.6) is 0 Å². The first-order valence-corrected chi connectivity index (χ1v) is 5.88. The molecular formula is C13H20N4. The van der Waals surface area contributed by atoms with Crippen molar-refractivity contribution in [1.29, 1.82) is 5.26 Å². The van der Waals surface area contributed by atoms with E-state index in [2.05, 4.69) is 29.8 Å². The van der Waals surface area contributed by atoms with E-state index in [4.69, 9.17) is 11.0 Å². The van der Waals surface area contributed by atoms with Crippen molar-refractivity contribution in [2.45, 2.75) is 27.2 Å². The standard InChI is InChI=1S/C13H20N4/c1-10(2)9-17(6-4-5-14)13-11(3)7-12(15)8-16-13/h7-8,10H,4,6,9,15H2,1-3H3. The third-order valence-corrected chi connectivity index (χ3v) is 2.45. The minimum atomic E-state index is 0.512. The molecule has 0 radical (unpaired) electrons. The highest BCUT2D eigenvalue weighted by atomic mass is 15.2. The molecule has 1 rings (SSSR count). The van der Waals surface area contributed by atoms with Crippen molar-refractivity contribution >= 4 is 11.5 Å². The zero-order chi connectivity index (χ0) is 12.8. The lowest BCUT2D eigenvalue weighted by molar-refractivity contribution is 0.607. The van der Waals surface area contributed by atoms with E-state index in [0.717, 1.165) is 17.9 Å². The number of nitriles is 1. The Kier molecular flexibility index (Phi) is 4.77. The monoisotopic (exact) mass is 232 g/mol. The minimum Gasteiger partial charge on any atom is -0.397 e. The Morgan fingerprint density at radius 3 is 2.76 bits per heavy atom. The molecular weight excluding hydrogens is 212 g/mol. The highest BCUT2D eigenvalue weighted by molar-refractivity contribution is 5.52. The summed E-state index contributed by atoms with van der Waals surface area (Å²) in [6.07, 6.45) is 2.18. The zero-order valence-electron chi connectivity index (χ0n) is 10.8. The molecule has 0 spiro atoms. The second-order valence-corrected chi connectivity index (χ2v) is 4.66. The summed E-state index contributed by atoms with van der Waals surface area (Å²) in [4.78, 5) is 6.53. The number of hydrogen-bond acceptors (Lipinski definition) is 4. The quantitative estimate of drug-likeness (QED) is 0.846. The van der Waals surface area contributed by atoms with Crippen molar-refractivity contribution in [3.63, 3.8) is 0 Å². The predicted octanol–water partition coefficient (Wildman–Crippen LogP) is 2.35. The Labute approximate surface area is 103 Å². The molecule has 0 aliphatic rings. The van der Waals surface area contributed by atoms with Crippen LogP contribution in [-0.4, -0.2) is 18.1 Å². The largest absolute Gasteiger partial charge is 0.397 e. The van der Waals surface area contributed by atoms with Crippen LogP contribution in [0.3, 0.4) is 0 Å². The van der Waals surface area contributed by atoms with Gasteiger partial charge in [0.15, 0.2) is 0 Å². The van der Waals surface area contributed by atoms with Gasteiger partial charge in [0.25, 0.3) is 0 Å². The SMILES string of the molecule is Cc1cc(N)cnc1N(CCC#N)CC(C)C. The first kappa shape index (κ1) is 13.3. The number of aryl methyl sites for hydroxylation is 1. The topological polar surface area (TPSA) is 65.9 Å². The van der Waals surface area contributed by atoms with Gasteiger partial charge in [-0.1, -0.05) is 13.8 Å². The zero-order valence-corrected chi connectivity index (χ0v) is 10.8. The Morgan fingerprint density at radius 1 is 1.53 bits per heavy atom. The number of anilines is 2. The second kappa shape index (κ2) is 6.09. The molecule has 4 nitrogen and oxygen atoms in total. The van der Waals surface area contributed by atoms with Crippen molar-refractivity contribution in [2.75, 3.05) is 23.7 Å². The van der Waals surface area contributed by atoms with Crippen molar-refractivity contribution in [2.24, 2.45) is 5.92 Å². The van der Waals surface area contributed by atoms with E-state index in [0.29, 0.717) is 24.6 Å². The lowest BCUT2D eigenvalue weighted by Gasteiger charge is -2.26. The number of hydrogen-bond donors (Lipinski definition) is 1. The van der Waals surface area contributed by atoms with Gasteiger partial charge in [0.2, 0.25) is 0 Å². The van der Waals surface area contributed by atoms with Gasteiger partial charge in [-0.25, -0.2) is 4.98 Å². The van der Waals surface area contributed by atoms with E-state index in [-0.39, 0.29) is 0 Å². The highest BCUT2D eigenvalue weighted by Gasteiger charge is 2.12. The molecule has 0 amide bonds. The molecule has 0 fully saturated rings. The number of nitrogens with zero attached hydrogens (tertiary/aromatic N) is 3. The third kappa shape index (κ3) is 3.95. The van der Waals surface area contributed by atoms with Crippen LogP contribution >= 0.6 is 0 Å². The van der Waals surface area contributed by atoms with Crippen LogP contribution in [0.4, 0.5) is 11.5 Å². The Bertz CT molecular complexity index is 406. The summed E-state index contributed by atoms with van der Waals surface area (Å²) in [5, 5.41) is 8.69. The molecule has 0 unspecified atom stereocenters. The summed E-state index contributed by atoms with van der Waals surface area (Å²) in [5.74, 6) is 1.47. The van der Waals surface area contributed by atoms with E-state index < -0.39 is 0 Å². The van der Waals surface area contributed by atoms with E-state index >= 15 is 0 Å². The summed E-state index contributed by atoms with van der Waals surface area (Å²) in [7, 11) is 0. The van der Waals surface area contributed by atoms with Gasteiger partial charge in [-0.05, 0) is 24.5 Å². The van der Waals surface area contributed by atoms with Gasteiger partial charge < -0.3 is 10.6 Å². The molecule has 2 N–H and O–H groups in total. The van der Waals surface area contributed by atoms with Crippen molar-refractivity contribution < 1.29 is 0 Å². The molecule has 1 aromatic rings. The molecule has 0 bridgehead atoms. The normalized spacial score (nSPS) is 10.3. The molecule has 0 aliphatic heterocycles. The number of aromatic nitrogens is 1. The molecule has 4 heteroatoms. The van der Waals surface area contributed by atoms with Crippen LogP contribution in [0.2, 0.25) is 0 Å². The van der Waals surface area contributed by atoms with E-state index in [1.165, 1.54) is 0 Å². The Hall–Kier alpha value is -1.76. The molecule has 1 aromatic heterocycles. The lowest BCUT2D eigenvalue weighted by atomic mass is 10.1. The van der Waals surface area contributed by atoms with Gasteiger partial charge in [0, 0.05) is 13.1 Å². The van der Waals surface area contributed by atoms with Gasteiger partial charge in [-0.3, -0.25) is 0 Å². The molecule has 1 heterocycles. The van der Waals surface area contributed by atoms with Crippen LogP contribution in [0.25, 0.3) is 0 Å². The van der Waals surface area contributed by atoms with Crippen molar-refractivity contribution in [1.82, 2.24) is 4.98 Å². The molecule has 0 aromatic carbocycles. The maximum absolute atomic E-state index is 8.69. The van der Waals surface area contributed by atoms with E-state index in [1.807, 2.05) is 13.0 Å². The molecule has 0 atom stereocenters. The van der Waals surface area contributed by atoms with Gasteiger partial charge in [0.05, 0.1) is 24.4 Å². The van der Waals surface area contributed by atoms with Gasteiger partial charge in [-0.15, -0.1) is 0 Å². The van der Waals surface area contributed by atoms with Crippen molar-refractivity contribution in [3.8, 4) is 6.07 Å². The average molecular weight is 232 g/mol. The summed E-state index contributed by atoms with van der Waals surface area (Å²) in [6.45, 7) is 7.93. The third-order valence-electron chi connectivity index (χ3n) is 2.45. The molecule has 0 saturated heterocycles. The van der Waals surface area contributed by atoms with Crippen molar-refractivity contribution in [3.05, 3.63) is 17.8 Å². The summed E-state index contributed by atoms with van der Waals surface area (Å²) >= 11 is 0. The van der Waals surface area contributed by atoms with Crippen LogP contribution in [0.1, 0.15) is 25.8 Å². The predicted molar refractivity (Wildman–Crippen MR) is 70.7 cm³/mol. The number of rotatable bonds is 5. The lowest BCUT2D eigenvalue weighted by Crippen LogP contribution is -2.30. The summed E-state index contributed by atoms with van der Waals surface area (Å²) in [6, 6.07) is 4.10. The van der Waals surface area contributed by atoms with E-state index in [9.17, 15) is 0 Å². The Morgan fingerprint density at radius 2 is 2.24 bits per heavy atom. The van der Waals surface area contributed by atoms with Crippen LogP contribution in [0, 0.1) is 24.2 Å². The maximum Gasteiger partial charge on any atom is 0.131 e. The number of nitrogens with two attached hydrogens (primary N) is 1.